The third kappa shape index (κ3) is 5.24. The van der Waals surface area contributed by atoms with Crippen molar-refractivity contribution in [2.45, 2.75) is 24.2 Å². The van der Waals surface area contributed by atoms with Gasteiger partial charge in [0, 0.05) is 18.1 Å². The summed E-state index contributed by atoms with van der Waals surface area (Å²) in [6.45, 7) is 2.03. The maximum atomic E-state index is 13.4. The number of nitrogens with one attached hydrogen (secondary N) is 1. The Hall–Kier alpha value is -2.04. The van der Waals surface area contributed by atoms with E-state index < -0.39 is 10.0 Å². The normalized spacial score (nSPS) is 17.0. The zero-order valence-corrected chi connectivity index (χ0v) is 19.1. The minimum absolute atomic E-state index is 0.0542. The number of piperidine rings is 1. The van der Waals surface area contributed by atoms with Crippen LogP contribution in [0.25, 0.3) is 10.2 Å². The average Bonchev–Trinajstić information content (AvgIpc) is 3.17. The number of carbonyl (C=O) groups excluding carboxylic acids is 1. The van der Waals surface area contributed by atoms with Gasteiger partial charge in [-0.3, -0.25) is 9.69 Å². The summed E-state index contributed by atoms with van der Waals surface area (Å²) in [6.07, 6.45) is 2.38. The number of nitrogens with two attached hydrogens (primary N) is 1. The summed E-state index contributed by atoms with van der Waals surface area (Å²) in [5, 5.41) is 9.72. The molecule has 0 bridgehead atoms. The van der Waals surface area contributed by atoms with Crippen LogP contribution in [0.4, 0.5) is 5.13 Å². The molecule has 2 heterocycles. The van der Waals surface area contributed by atoms with Crippen LogP contribution in [0.5, 0.6) is 0 Å². The molecule has 1 unspecified atom stereocenters. The SMILES string of the molecule is NS(=O)(=O)c1ccc(CCN(C(=O)C2CCCNC2)c2nc3cc(Cl)ccc3s2)cc1. The minimum atomic E-state index is -3.73. The second-order valence-corrected chi connectivity index (χ2v) is 10.6. The Labute approximate surface area is 190 Å². The zero-order valence-electron chi connectivity index (χ0n) is 16.8. The molecule has 0 spiro atoms. The van der Waals surface area contributed by atoms with Crippen LogP contribution >= 0.6 is 22.9 Å². The van der Waals surface area contributed by atoms with Gasteiger partial charge in [-0.2, -0.15) is 0 Å². The zero-order chi connectivity index (χ0) is 22.0. The standard InChI is InChI=1S/C21H23ClN4O3S2/c22-16-5-8-19-18(12-16)25-21(30-19)26(20(27)15-2-1-10-24-13-15)11-9-14-3-6-17(7-4-14)31(23,28)29/h3-8,12,15,24H,1-2,9-11,13H2,(H2,23,28,29). The quantitative estimate of drug-likeness (QED) is 0.566. The van der Waals surface area contributed by atoms with Gasteiger partial charge in [-0.15, -0.1) is 0 Å². The van der Waals surface area contributed by atoms with Gasteiger partial charge < -0.3 is 5.32 Å². The van der Waals surface area contributed by atoms with Crippen LogP contribution in [0.2, 0.25) is 5.02 Å². The number of hydrogen-bond acceptors (Lipinski definition) is 6. The third-order valence-electron chi connectivity index (χ3n) is 5.36. The van der Waals surface area contributed by atoms with E-state index in [0.717, 1.165) is 35.2 Å². The number of carbonyl (C=O) groups is 1. The molecular weight excluding hydrogens is 456 g/mol. The summed E-state index contributed by atoms with van der Waals surface area (Å²) in [6, 6.07) is 12.0. The lowest BCUT2D eigenvalue weighted by Gasteiger charge is -2.28. The van der Waals surface area contributed by atoms with E-state index in [0.29, 0.717) is 29.7 Å². The molecule has 1 aliphatic heterocycles. The van der Waals surface area contributed by atoms with E-state index in [2.05, 4.69) is 10.3 Å². The molecule has 0 aliphatic carbocycles. The predicted molar refractivity (Wildman–Crippen MR) is 124 cm³/mol. The van der Waals surface area contributed by atoms with Crippen molar-refractivity contribution >= 4 is 54.2 Å². The number of rotatable bonds is 6. The summed E-state index contributed by atoms with van der Waals surface area (Å²) in [7, 11) is -3.73. The van der Waals surface area contributed by atoms with Crippen molar-refractivity contribution in [1.29, 1.82) is 0 Å². The maximum Gasteiger partial charge on any atom is 0.238 e. The Morgan fingerprint density at radius 3 is 2.71 bits per heavy atom. The molecular formula is C21H23ClN4O3S2. The molecule has 1 aromatic heterocycles. The molecule has 3 aromatic rings. The molecule has 7 nitrogen and oxygen atoms in total. The van der Waals surface area contributed by atoms with Crippen LogP contribution < -0.4 is 15.4 Å². The Kier molecular flexibility index (Phi) is 6.59. The molecule has 1 saturated heterocycles. The van der Waals surface area contributed by atoms with E-state index in [1.54, 1.807) is 23.1 Å². The highest BCUT2D eigenvalue weighted by Gasteiger charge is 2.28. The van der Waals surface area contributed by atoms with Crippen molar-refractivity contribution in [2.24, 2.45) is 11.1 Å². The van der Waals surface area contributed by atoms with Crippen LogP contribution in [-0.2, 0) is 21.2 Å². The Morgan fingerprint density at radius 2 is 2.03 bits per heavy atom. The fourth-order valence-electron chi connectivity index (χ4n) is 3.67. The first-order chi connectivity index (χ1) is 14.8. The first kappa shape index (κ1) is 22.2. The molecule has 164 valence electrons. The van der Waals surface area contributed by atoms with Crippen molar-refractivity contribution in [3.8, 4) is 0 Å². The number of sulfonamides is 1. The van der Waals surface area contributed by atoms with E-state index in [-0.39, 0.29) is 16.7 Å². The van der Waals surface area contributed by atoms with Gasteiger partial charge in [0.05, 0.1) is 21.0 Å². The Balaban J connectivity index is 1.59. The van der Waals surface area contributed by atoms with Gasteiger partial charge in [-0.25, -0.2) is 18.5 Å². The number of halogens is 1. The predicted octanol–water partition coefficient (Wildman–Crippen LogP) is 3.17. The Morgan fingerprint density at radius 1 is 1.26 bits per heavy atom. The molecule has 1 atom stereocenters. The molecule has 0 saturated carbocycles. The summed E-state index contributed by atoms with van der Waals surface area (Å²) in [5.74, 6) is -0.0346. The monoisotopic (exact) mass is 478 g/mol. The number of anilines is 1. The fourth-order valence-corrected chi connectivity index (χ4v) is 5.33. The number of benzene rings is 2. The summed E-state index contributed by atoms with van der Waals surface area (Å²) in [4.78, 5) is 19.9. The summed E-state index contributed by atoms with van der Waals surface area (Å²) < 4.78 is 23.9. The largest absolute Gasteiger partial charge is 0.316 e. The first-order valence-electron chi connectivity index (χ1n) is 10.0. The maximum absolute atomic E-state index is 13.4. The van der Waals surface area contributed by atoms with E-state index >= 15 is 0 Å². The fraction of sp³-hybridized carbons (Fsp3) is 0.333. The molecule has 31 heavy (non-hydrogen) atoms. The van der Waals surface area contributed by atoms with Gasteiger partial charge in [0.1, 0.15) is 0 Å². The smallest absolute Gasteiger partial charge is 0.238 e. The van der Waals surface area contributed by atoms with E-state index in [4.69, 9.17) is 16.7 Å². The van der Waals surface area contributed by atoms with Crippen LogP contribution in [-0.4, -0.2) is 38.9 Å². The number of primary sulfonamides is 1. The Bertz CT molecular complexity index is 1190. The molecule has 4 rings (SSSR count). The van der Waals surface area contributed by atoms with E-state index in [9.17, 15) is 13.2 Å². The molecule has 1 fully saturated rings. The highest BCUT2D eigenvalue weighted by molar-refractivity contribution is 7.89. The topological polar surface area (TPSA) is 105 Å². The molecule has 1 amide bonds. The van der Waals surface area contributed by atoms with Crippen LogP contribution in [0.3, 0.4) is 0 Å². The number of nitrogens with zero attached hydrogens (tertiary/aromatic N) is 2. The van der Waals surface area contributed by atoms with Gasteiger partial charge in [-0.1, -0.05) is 35.1 Å². The van der Waals surface area contributed by atoms with Crippen LogP contribution in [0.15, 0.2) is 47.4 Å². The van der Waals surface area contributed by atoms with Gasteiger partial charge in [-0.05, 0) is 61.7 Å². The first-order valence-corrected chi connectivity index (χ1v) is 12.8. The highest BCUT2D eigenvalue weighted by Crippen LogP contribution is 2.32. The van der Waals surface area contributed by atoms with Crippen LogP contribution in [0, 0.1) is 5.92 Å². The number of aromatic nitrogens is 1. The number of thiazole rings is 1. The second-order valence-electron chi connectivity index (χ2n) is 7.58. The van der Waals surface area contributed by atoms with Crippen molar-refractivity contribution < 1.29 is 13.2 Å². The lowest BCUT2D eigenvalue weighted by molar-refractivity contribution is -0.122. The lowest BCUT2D eigenvalue weighted by atomic mass is 9.98. The molecule has 0 radical (unpaired) electrons. The van der Waals surface area contributed by atoms with Crippen molar-refractivity contribution in [3.63, 3.8) is 0 Å². The van der Waals surface area contributed by atoms with E-state index in [1.807, 2.05) is 12.1 Å². The summed E-state index contributed by atoms with van der Waals surface area (Å²) >= 11 is 7.57. The van der Waals surface area contributed by atoms with Crippen LogP contribution in [0.1, 0.15) is 18.4 Å². The lowest BCUT2D eigenvalue weighted by Crippen LogP contribution is -2.44. The number of amides is 1. The van der Waals surface area contributed by atoms with Gasteiger partial charge >= 0.3 is 0 Å². The number of fused-ring (bicyclic) bond motifs is 1. The second kappa shape index (κ2) is 9.22. The van der Waals surface area contributed by atoms with Crippen molar-refractivity contribution in [3.05, 3.63) is 53.1 Å². The van der Waals surface area contributed by atoms with E-state index in [1.165, 1.54) is 23.5 Å². The van der Waals surface area contributed by atoms with Crippen molar-refractivity contribution in [1.82, 2.24) is 10.3 Å². The van der Waals surface area contributed by atoms with Gasteiger partial charge in [0.25, 0.3) is 0 Å². The molecule has 2 aromatic carbocycles. The molecule has 3 N–H and O–H groups in total. The van der Waals surface area contributed by atoms with Gasteiger partial charge in [0.2, 0.25) is 15.9 Å². The summed E-state index contributed by atoms with van der Waals surface area (Å²) in [5.41, 5.74) is 1.68. The molecule has 1 aliphatic rings. The number of hydrogen-bond donors (Lipinski definition) is 2. The minimum Gasteiger partial charge on any atom is -0.316 e. The highest BCUT2D eigenvalue weighted by atomic mass is 35.5. The van der Waals surface area contributed by atoms with Gasteiger partial charge in [0.15, 0.2) is 5.13 Å². The third-order valence-corrected chi connectivity index (χ3v) is 7.58. The molecule has 10 heteroatoms. The van der Waals surface area contributed by atoms with Crippen molar-refractivity contribution in [2.75, 3.05) is 24.5 Å². The average molecular weight is 479 g/mol.